The quantitative estimate of drug-likeness (QED) is 0.660. The van der Waals surface area contributed by atoms with Gasteiger partial charge in [-0.3, -0.25) is 4.79 Å². The van der Waals surface area contributed by atoms with Crippen molar-refractivity contribution >= 4 is 5.97 Å². The Kier molecular flexibility index (Phi) is 4.51. The minimum atomic E-state index is -1.09. The van der Waals surface area contributed by atoms with Crippen molar-refractivity contribution in [1.82, 2.24) is 0 Å². The summed E-state index contributed by atoms with van der Waals surface area (Å²) in [4.78, 5) is 13.2. The van der Waals surface area contributed by atoms with Gasteiger partial charge in [0.05, 0.1) is 18.1 Å². The third-order valence-electron chi connectivity index (χ3n) is 8.85. The van der Waals surface area contributed by atoms with Gasteiger partial charge >= 0.3 is 5.97 Å². The Morgan fingerprint density at radius 3 is 2.61 bits per heavy atom. The summed E-state index contributed by atoms with van der Waals surface area (Å²) in [6, 6.07) is 2.69. The van der Waals surface area contributed by atoms with Crippen molar-refractivity contribution in [3.05, 3.63) is 11.6 Å². The highest BCUT2D eigenvalue weighted by Gasteiger charge is 2.84. The molecule has 7 unspecified atom stereocenters. The molecule has 4 aliphatic carbocycles. The van der Waals surface area contributed by atoms with Crippen LogP contribution in [0.2, 0.25) is 0 Å². The number of hydrogen-bond donors (Lipinski definition) is 1. The Bertz CT molecular complexity index is 749. The maximum atomic E-state index is 13.2. The fourth-order valence-electron chi connectivity index (χ4n) is 8.02. The average Bonchev–Trinajstić information content (AvgIpc) is 3.18. The number of fused-ring (bicyclic) bond motifs is 2. The van der Waals surface area contributed by atoms with Crippen LogP contribution in [0.3, 0.4) is 0 Å². The zero-order valence-electron chi connectivity index (χ0n) is 18.0. The van der Waals surface area contributed by atoms with Crippen LogP contribution in [0, 0.1) is 63.1 Å². The number of aliphatic carboxylic acids is 1. The Hall–Kier alpha value is -1.34. The van der Waals surface area contributed by atoms with Crippen LogP contribution in [0.4, 0.5) is 0 Å². The number of carboxylic acids is 1. The molecule has 28 heavy (non-hydrogen) atoms. The predicted molar refractivity (Wildman–Crippen MR) is 107 cm³/mol. The van der Waals surface area contributed by atoms with Crippen molar-refractivity contribution in [3.8, 4) is 6.07 Å². The molecule has 0 heterocycles. The lowest BCUT2D eigenvalue weighted by Gasteiger charge is -2.57. The van der Waals surface area contributed by atoms with Gasteiger partial charge in [-0.15, -0.1) is 0 Å². The van der Waals surface area contributed by atoms with E-state index in [-0.39, 0.29) is 17.8 Å². The number of ether oxygens (including phenoxy) is 1. The van der Waals surface area contributed by atoms with E-state index in [1.54, 1.807) is 0 Å². The van der Waals surface area contributed by atoms with Crippen molar-refractivity contribution in [2.24, 2.45) is 51.8 Å². The molecule has 4 heteroatoms. The van der Waals surface area contributed by atoms with Gasteiger partial charge in [0.2, 0.25) is 0 Å². The summed E-state index contributed by atoms with van der Waals surface area (Å²) in [5.41, 5.74) is -1.34. The number of allylic oxidation sites excluding steroid dienone is 1. The van der Waals surface area contributed by atoms with Crippen LogP contribution in [0.5, 0.6) is 0 Å². The van der Waals surface area contributed by atoms with E-state index in [0.29, 0.717) is 37.4 Å². The molecule has 154 valence electrons. The highest BCUT2D eigenvalue weighted by molar-refractivity contribution is 5.85. The summed E-state index contributed by atoms with van der Waals surface area (Å²) in [6.45, 7) is 11.8. The van der Waals surface area contributed by atoms with E-state index < -0.39 is 22.2 Å². The normalized spacial score (nSPS) is 46.0. The van der Waals surface area contributed by atoms with Crippen molar-refractivity contribution in [1.29, 1.82) is 5.26 Å². The minimum absolute atomic E-state index is 0.133. The van der Waals surface area contributed by atoms with E-state index >= 15 is 0 Å². The highest BCUT2D eigenvalue weighted by atomic mass is 16.5. The standard InChI is InChI=1S/C24H35NO3/c1-14(2)11-28-13-23-10-18-16(5)6-7-19(18)22(12-25)9-17(23)8-20(15(3)4)24(22,23)21(26)27/h8,14-19H,6-7,9-11,13H2,1-5H3,(H,26,27). The SMILES string of the molecule is CC(C)COCC12CC3C(C)CCC3C3(C#N)CC1C=C(C(C)C)C32C(=O)O. The van der Waals surface area contributed by atoms with Crippen LogP contribution in [-0.4, -0.2) is 24.3 Å². The third-order valence-corrected chi connectivity index (χ3v) is 8.85. The molecule has 0 spiro atoms. The molecule has 0 amide bonds. The molecule has 1 N–H and O–H groups in total. The summed E-state index contributed by atoms with van der Waals surface area (Å²) in [6.07, 6.45) is 5.95. The van der Waals surface area contributed by atoms with E-state index in [4.69, 9.17) is 4.74 Å². The summed E-state index contributed by atoms with van der Waals surface area (Å²) in [5.74, 6) is 1.12. The Labute approximate surface area is 169 Å². The summed E-state index contributed by atoms with van der Waals surface area (Å²) in [5, 5.41) is 21.4. The molecule has 0 aromatic carbocycles. The first kappa shape index (κ1) is 20.0. The fraction of sp³-hybridized carbons (Fsp3) is 0.833. The van der Waals surface area contributed by atoms with E-state index in [0.717, 1.165) is 24.8 Å². The molecule has 7 atom stereocenters. The van der Waals surface area contributed by atoms with Crippen molar-refractivity contribution in [3.63, 3.8) is 0 Å². The Balaban J connectivity index is 1.91. The van der Waals surface area contributed by atoms with Gasteiger partial charge in [-0.2, -0.15) is 5.26 Å². The van der Waals surface area contributed by atoms with Crippen molar-refractivity contribution < 1.29 is 14.6 Å². The molecule has 0 radical (unpaired) electrons. The van der Waals surface area contributed by atoms with E-state index in [1.165, 1.54) is 0 Å². The average molecular weight is 386 g/mol. The lowest BCUT2D eigenvalue weighted by atomic mass is 9.43. The molecule has 0 aromatic heterocycles. The van der Waals surface area contributed by atoms with Crippen molar-refractivity contribution in [2.45, 2.75) is 60.3 Å². The molecule has 0 aliphatic heterocycles. The summed E-state index contributed by atoms with van der Waals surface area (Å²) in [7, 11) is 0. The number of rotatable bonds is 6. The molecule has 0 aromatic rings. The first-order valence-corrected chi connectivity index (χ1v) is 11.1. The largest absolute Gasteiger partial charge is 0.481 e. The van der Waals surface area contributed by atoms with Gasteiger partial charge in [-0.1, -0.05) is 52.7 Å². The van der Waals surface area contributed by atoms with Crippen LogP contribution in [0.15, 0.2) is 11.6 Å². The zero-order valence-corrected chi connectivity index (χ0v) is 18.0. The van der Waals surface area contributed by atoms with Gasteiger partial charge in [-0.05, 0) is 54.8 Å². The molecule has 4 nitrogen and oxygen atoms in total. The molecule has 4 rings (SSSR count). The molecule has 4 bridgehead atoms. The van der Waals surface area contributed by atoms with E-state index in [1.807, 2.05) is 0 Å². The summed E-state index contributed by atoms with van der Waals surface area (Å²) >= 11 is 0. The number of nitrogens with zero attached hydrogens (tertiary/aromatic N) is 1. The number of carboxylic acid groups (broad SMARTS) is 1. The zero-order chi connectivity index (χ0) is 20.5. The number of nitriles is 1. The summed E-state index contributed by atoms with van der Waals surface area (Å²) < 4.78 is 6.21. The van der Waals surface area contributed by atoms with Crippen LogP contribution in [-0.2, 0) is 9.53 Å². The van der Waals surface area contributed by atoms with Crippen LogP contribution in [0.25, 0.3) is 0 Å². The molecular formula is C24H35NO3. The van der Waals surface area contributed by atoms with E-state index in [2.05, 4.69) is 46.8 Å². The molecule has 3 saturated carbocycles. The topological polar surface area (TPSA) is 70.3 Å². The smallest absolute Gasteiger partial charge is 0.316 e. The third kappa shape index (κ3) is 2.07. The van der Waals surface area contributed by atoms with Gasteiger partial charge in [0.1, 0.15) is 5.41 Å². The van der Waals surface area contributed by atoms with Crippen LogP contribution < -0.4 is 0 Å². The lowest BCUT2D eigenvalue weighted by molar-refractivity contribution is -0.179. The van der Waals surface area contributed by atoms with Crippen LogP contribution in [0.1, 0.15) is 60.3 Å². The first-order valence-electron chi connectivity index (χ1n) is 11.1. The lowest BCUT2D eigenvalue weighted by Crippen LogP contribution is -2.62. The fourth-order valence-corrected chi connectivity index (χ4v) is 8.02. The molecule has 4 aliphatic rings. The molecule has 3 fully saturated rings. The monoisotopic (exact) mass is 385 g/mol. The van der Waals surface area contributed by atoms with Gasteiger partial charge in [0.25, 0.3) is 0 Å². The molecule has 0 saturated heterocycles. The first-order chi connectivity index (χ1) is 13.2. The second-order valence-corrected chi connectivity index (χ2v) is 10.8. The van der Waals surface area contributed by atoms with Crippen LogP contribution >= 0.6 is 0 Å². The Morgan fingerprint density at radius 1 is 1.32 bits per heavy atom. The van der Waals surface area contributed by atoms with Gasteiger partial charge in [0, 0.05) is 12.0 Å². The van der Waals surface area contributed by atoms with Crippen molar-refractivity contribution in [2.75, 3.05) is 13.2 Å². The minimum Gasteiger partial charge on any atom is -0.481 e. The van der Waals surface area contributed by atoms with Gasteiger partial charge in [-0.25, -0.2) is 0 Å². The van der Waals surface area contributed by atoms with E-state index in [9.17, 15) is 15.2 Å². The maximum absolute atomic E-state index is 13.2. The Morgan fingerprint density at radius 2 is 2.04 bits per heavy atom. The maximum Gasteiger partial charge on any atom is 0.316 e. The van der Waals surface area contributed by atoms with Gasteiger partial charge in [0.15, 0.2) is 0 Å². The second-order valence-electron chi connectivity index (χ2n) is 10.8. The second kappa shape index (κ2) is 6.33. The number of carbonyl (C=O) groups is 1. The van der Waals surface area contributed by atoms with Gasteiger partial charge < -0.3 is 9.84 Å². The highest BCUT2D eigenvalue weighted by Crippen LogP contribution is 2.83. The molecular weight excluding hydrogens is 350 g/mol. The predicted octanol–water partition coefficient (Wildman–Crippen LogP) is 4.91. The number of hydrogen-bond acceptors (Lipinski definition) is 3.